The van der Waals surface area contributed by atoms with Crippen LogP contribution in [0.2, 0.25) is 0 Å². The number of anilines is 1. The molecule has 1 saturated carbocycles. The second-order valence-electron chi connectivity index (χ2n) is 5.60. The fourth-order valence-corrected chi connectivity index (χ4v) is 2.93. The number of benzene rings is 1. The summed E-state index contributed by atoms with van der Waals surface area (Å²) in [4.78, 5) is 19.8. The monoisotopic (exact) mass is 272 g/mol. The molecule has 1 aromatic heterocycles. The van der Waals surface area contributed by atoms with Crippen LogP contribution in [-0.2, 0) is 4.79 Å². The number of hydrogen-bond donors (Lipinski definition) is 3. The lowest BCUT2D eigenvalue weighted by Crippen LogP contribution is -2.40. The van der Waals surface area contributed by atoms with E-state index in [9.17, 15) is 4.79 Å². The van der Waals surface area contributed by atoms with Crippen molar-refractivity contribution in [2.75, 3.05) is 5.32 Å². The van der Waals surface area contributed by atoms with Crippen molar-refractivity contribution in [3.63, 3.8) is 0 Å². The van der Waals surface area contributed by atoms with E-state index in [0.717, 1.165) is 48.2 Å². The lowest BCUT2D eigenvalue weighted by atomic mass is 9.84. The number of nitrogens with one attached hydrogen (secondary N) is 2. The van der Waals surface area contributed by atoms with Crippen LogP contribution in [0.4, 0.5) is 5.69 Å². The SMILES string of the molecule is Cc1nc2ccc(NC(=O)C3CCCCC3N)cc2[nH]1. The Morgan fingerprint density at radius 3 is 3.00 bits per heavy atom. The Balaban J connectivity index is 1.76. The second-order valence-corrected chi connectivity index (χ2v) is 5.60. The standard InChI is InChI=1S/C15H20N4O/c1-9-17-13-7-6-10(8-14(13)18-9)19-15(20)11-4-2-3-5-12(11)16/h6-8,11-12H,2-5,16H2,1H3,(H,17,18)(H,19,20). The number of nitrogens with two attached hydrogens (primary N) is 1. The van der Waals surface area contributed by atoms with E-state index in [2.05, 4.69) is 15.3 Å². The van der Waals surface area contributed by atoms with Gasteiger partial charge in [0.1, 0.15) is 5.82 Å². The molecule has 4 N–H and O–H groups in total. The van der Waals surface area contributed by atoms with Crippen molar-refractivity contribution >= 4 is 22.6 Å². The molecule has 0 radical (unpaired) electrons. The van der Waals surface area contributed by atoms with Gasteiger partial charge in [0, 0.05) is 11.7 Å². The van der Waals surface area contributed by atoms with E-state index in [1.54, 1.807) is 0 Å². The van der Waals surface area contributed by atoms with E-state index in [-0.39, 0.29) is 17.9 Å². The molecule has 2 unspecified atom stereocenters. The Kier molecular flexibility index (Phi) is 3.44. The third kappa shape index (κ3) is 2.54. The maximum atomic E-state index is 12.3. The van der Waals surface area contributed by atoms with Gasteiger partial charge in [0.2, 0.25) is 5.91 Å². The summed E-state index contributed by atoms with van der Waals surface area (Å²) in [7, 11) is 0. The van der Waals surface area contributed by atoms with Crippen molar-refractivity contribution in [1.82, 2.24) is 9.97 Å². The van der Waals surface area contributed by atoms with Crippen molar-refractivity contribution in [3.8, 4) is 0 Å². The van der Waals surface area contributed by atoms with Gasteiger partial charge in [0.15, 0.2) is 0 Å². The van der Waals surface area contributed by atoms with Crippen LogP contribution < -0.4 is 11.1 Å². The molecule has 1 aliphatic rings. The zero-order chi connectivity index (χ0) is 14.1. The van der Waals surface area contributed by atoms with E-state index in [0.29, 0.717) is 0 Å². The zero-order valence-corrected chi connectivity index (χ0v) is 11.6. The van der Waals surface area contributed by atoms with E-state index in [4.69, 9.17) is 5.73 Å². The van der Waals surface area contributed by atoms with Crippen molar-refractivity contribution in [1.29, 1.82) is 0 Å². The normalized spacial score (nSPS) is 22.9. The molecule has 0 saturated heterocycles. The highest BCUT2D eigenvalue weighted by Gasteiger charge is 2.28. The van der Waals surface area contributed by atoms with Gasteiger partial charge in [-0.2, -0.15) is 0 Å². The van der Waals surface area contributed by atoms with Crippen LogP contribution in [0.5, 0.6) is 0 Å². The van der Waals surface area contributed by atoms with Gasteiger partial charge in [0.05, 0.1) is 17.0 Å². The Morgan fingerprint density at radius 2 is 2.20 bits per heavy atom. The summed E-state index contributed by atoms with van der Waals surface area (Å²) in [5.74, 6) is 0.841. The average Bonchev–Trinajstić information content (AvgIpc) is 2.78. The fourth-order valence-electron chi connectivity index (χ4n) is 2.93. The topological polar surface area (TPSA) is 83.8 Å². The van der Waals surface area contributed by atoms with Crippen LogP contribution in [0.15, 0.2) is 18.2 Å². The minimum Gasteiger partial charge on any atom is -0.342 e. The largest absolute Gasteiger partial charge is 0.342 e. The molecule has 106 valence electrons. The smallest absolute Gasteiger partial charge is 0.229 e. The van der Waals surface area contributed by atoms with Gasteiger partial charge in [-0.15, -0.1) is 0 Å². The van der Waals surface area contributed by atoms with Crippen LogP contribution >= 0.6 is 0 Å². The van der Waals surface area contributed by atoms with Gasteiger partial charge in [-0.05, 0) is 38.0 Å². The van der Waals surface area contributed by atoms with Gasteiger partial charge < -0.3 is 16.0 Å². The summed E-state index contributed by atoms with van der Waals surface area (Å²) >= 11 is 0. The first kappa shape index (κ1) is 13.1. The Hall–Kier alpha value is -1.88. The molecule has 1 aliphatic carbocycles. The molecule has 1 aromatic carbocycles. The number of nitrogens with zero attached hydrogens (tertiary/aromatic N) is 1. The number of hydrogen-bond acceptors (Lipinski definition) is 3. The van der Waals surface area contributed by atoms with Gasteiger partial charge >= 0.3 is 0 Å². The number of aryl methyl sites for hydroxylation is 1. The van der Waals surface area contributed by atoms with E-state index < -0.39 is 0 Å². The highest BCUT2D eigenvalue weighted by atomic mass is 16.1. The number of aromatic amines is 1. The Morgan fingerprint density at radius 1 is 1.40 bits per heavy atom. The molecule has 2 atom stereocenters. The molecule has 1 amide bonds. The number of fused-ring (bicyclic) bond motifs is 1. The summed E-state index contributed by atoms with van der Waals surface area (Å²) in [6.45, 7) is 1.92. The molecular formula is C15H20N4O. The lowest BCUT2D eigenvalue weighted by Gasteiger charge is -2.27. The minimum absolute atomic E-state index is 0.0121. The number of carbonyl (C=O) groups is 1. The number of H-pyrrole nitrogens is 1. The van der Waals surface area contributed by atoms with E-state index in [1.165, 1.54) is 0 Å². The maximum Gasteiger partial charge on any atom is 0.229 e. The molecule has 0 spiro atoms. The van der Waals surface area contributed by atoms with Crippen molar-refractivity contribution in [3.05, 3.63) is 24.0 Å². The molecule has 0 bridgehead atoms. The molecule has 2 aromatic rings. The molecule has 1 fully saturated rings. The van der Waals surface area contributed by atoms with Gasteiger partial charge in [0.25, 0.3) is 0 Å². The summed E-state index contributed by atoms with van der Waals surface area (Å²) in [6, 6.07) is 5.70. The summed E-state index contributed by atoms with van der Waals surface area (Å²) < 4.78 is 0. The Bertz CT molecular complexity index is 634. The number of carbonyl (C=O) groups excluding carboxylic acids is 1. The van der Waals surface area contributed by atoms with Crippen molar-refractivity contribution in [2.24, 2.45) is 11.7 Å². The predicted octanol–water partition coefficient (Wildman–Crippen LogP) is 2.33. The fraction of sp³-hybridized carbons (Fsp3) is 0.467. The third-order valence-corrected chi connectivity index (χ3v) is 4.02. The molecule has 5 heteroatoms. The van der Waals surface area contributed by atoms with Crippen LogP contribution in [0.1, 0.15) is 31.5 Å². The van der Waals surface area contributed by atoms with Gasteiger partial charge in [-0.3, -0.25) is 4.79 Å². The van der Waals surface area contributed by atoms with E-state index in [1.807, 2.05) is 25.1 Å². The van der Waals surface area contributed by atoms with Crippen LogP contribution in [0.3, 0.4) is 0 Å². The van der Waals surface area contributed by atoms with Crippen LogP contribution in [0.25, 0.3) is 11.0 Å². The van der Waals surface area contributed by atoms with Gasteiger partial charge in [-0.1, -0.05) is 12.8 Å². The molecule has 1 heterocycles. The number of aromatic nitrogens is 2. The number of amides is 1. The van der Waals surface area contributed by atoms with E-state index >= 15 is 0 Å². The summed E-state index contributed by atoms with van der Waals surface area (Å²) in [5.41, 5.74) is 8.70. The van der Waals surface area contributed by atoms with Gasteiger partial charge in [-0.25, -0.2) is 4.98 Å². The molecular weight excluding hydrogens is 252 g/mol. The predicted molar refractivity (Wildman–Crippen MR) is 79.4 cm³/mol. The van der Waals surface area contributed by atoms with Crippen LogP contribution in [0, 0.1) is 12.8 Å². The number of rotatable bonds is 2. The summed E-state index contributed by atoms with van der Waals surface area (Å²) in [5, 5.41) is 2.98. The average molecular weight is 272 g/mol. The van der Waals surface area contributed by atoms with Crippen molar-refractivity contribution in [2.45, 2.75) is 38.6 Å². The molecule has 3 rings (SSSR count). The first-order valence-corrected chi connectivity index (χ1v) is 7.16. The molecule has 0 aliphatic heterocycles. The highest BCUT2D eigenvalue weighted by Crippen LogP contribution is 2.25. The second kappa shape index (κ2) is 5.25. The molecule has 20 heavy (non-hydrogen) atoms. The first-order chi connectivity index (χ1) is 9.63. The van der Waals surface area contributed by atoms with Crippen molar-refractivity contribution < 1.29 is 4.79 Å². The zero-order valence-electron chi connectivity index (χ0n) is 11.6. The van der Waals surface area contributed by atoms with Crippen LogP contribution in [-0.4, -0.2) is 21.9 Å². The summed E-state index contributed by atoms with van der Waals surface area (Å²) in [6.07, 6.45) is 4.05. The number of imidazole rings is 1. The third-order valence-electron chi connectivity index (χ3n) is 4.02. The molecule has 5 nitrogen and oxygen atoms in total. The first-order valence-electron chi connectivity index (χ1n) is 7.16. The maximum absolute atomic E-state index is 12.3. The lowest BCUT2D eigenvalue weighted by molar-refractivity contribution is -0.121. The minimum atomic E-state index is -0.0667. The quantitative estimate of drug-likeness (QED) is 0.784. The highest BCUT2D eigenvalue weighted by molar-refractivity contribution is 5.95. The Labute approximate surface area is 118 Å².